The van der Waals surface area contributed by atoms with Crippen molar-refractivity contribution in [2.24, 2.45) is 0 Å². The fourth-order valence-corrected chi connectivity index (χ4v) is 2.73. The molecule has 0 spiro atoms. The molecular weight excluding hydrogens is 268 g/mol. The summed E-state index contributed by atoms with van der Waals surface area (Å²) in [5, 5.41) is 4.48. The molecule has 2 aromatic rings. The Labute approximate surface area is 124 Å². The van der Waals surface area contributed by atoms with Crippen molar-refractivity contribution in [3.63, 3.8) is 0 Å². The monoisotopic (exact) mass is 290 g/mol. The van der Waals surface area contributed by atoms with E-state index in [0.29, 0.717) is 0 Å². The number of pyridine rings is 1. The molecule has 0 amide bonds. The second-order valence-electron chi connectivity index (χ2n) is 4.78. The molecule has 0 fully saturated rings. The fourth-order valence-electron chi connectivity index (χ4n) is 1.87. The van der Waals surface area contributed by atoms with Crippen LogP contribution >= 0.6 is 11.3 Å². The number of aromatic nitrogens is 2. The van der Waals surface area contributed by atoms with E-state index >= 15 is 0 Å². The van der Waals surface area contributed by atoms with Crippen molar-refractivity contribution in [2.45, 2.75) is 26.3 Å². The summed E-state index contributed by atoms with van der Waals surface area (Å²) in [6.07, 6.45) is 5.92. The highest BCUT2D eigenvalue weighted by molar-refractivity contribution is 7.15. The Bertz CT molecular complexity index is 498. The number of likely N-dealkylation sites (N-methyl/N-ethyl adjacent to an activating group) is 1. The van der Waals surface area contributed by atoms with Crippen molar-refractivity contribution < 1.29 is 0 Å². The molecule has 108 valence electrons. The van der Waals surface area contributed by atoms with Crippen molar-refractivity contribution >= 4 is 16.5 Å². The first-order valence-corrected chi connectivity index (χ1v) is 7.87. The maximum atomic E-state index is 4.49. The topological polar surface area (TPSA) is 41.1 Å². The van der Waals surface area contributed by atoms with Crippen LogP contribution in [0.25, 0.3) is 0 Å². The van der Waals surface area contributed by atoms with Gasteiger partial charge >= 0.3 is 0 Å². The molecule has 2 aromatic heterocycles. The zero-order valence-corrected chi connectivity index (χ0v) is 13.0. The second kappa shape index (κ2) is 7.97. The number of anilines is 1. The average Bonchev–Trinajstić information content (AvgIpc) is 2.95. The summed E-state index contributed by atoms with van der Waals surface area (Å²) in [5.41, 5.74) is 1.13. The number of hydrogen-bond donors (Lipinski definition) is 1. The predicted octanol–water partition coefficient (Wildman–Crippen LogP) is 2.72. The molecule has 1 N–H and O–H groups in total. The van der Waals surface area contributed by atoms with Gasteiger partial charge in [0.1, 0.15) is 0 Å². The Kier molecular flexibility index (Phi) is 5.95. The number of thiazole rings is 1. The van der Waals surface area contributed by atoms with E-state index in [-0.39, 0.29) is 0 Å². The van der Waals surface area contributed by atoms with Gasteiger partial charge in [0.2, 0.25) is 0 Å². The first kappa shape index (κ1) is 14.9. The lowest BCUT2D eigenvalue weighted by Gasteiger charge is -2.14. The zero-order valence-electron chi connectivity index (χ0n) is 12.2. The molecule has 0 atom stereocenters. The number of nitrogens with zero attached hydrogens (tertiary/aromatic N) is 3. The minimum atomic E-state index is 0.916. The molecule has 0 saturated heterocycles. The van der Waals surface area contributed by atoms with Crippen LogP contribution in [0.1, 0.15) is 23.9 Å². The van der Waals surface area contributed by atoms with E-state index in [4.69, 9.17) is 0 Å². The lowest BCUT2D eigenvalue weighted by molar-refractivity contribution is 0.681. The smallest absolute Gasteiger partial charge is 0.185 e. The quantitative estimate of drug-likeness (QED) is 0.759. The molecule has 0 radical (unpaired) electrons. The van der Waals surface area contributed by atoms with Gasteiger partial charge in [-0.05, 0) is 25.1 Å². The molecule has 20 heavy (non-hydrogen) atoms. The molecule has 4 nitrogen and oxygen atoms in total. The molecule has 0 aliphatic rings. The third kappa shape index (κ3) is 4.58. The number of nitrogens with one attached hydrogen (secondary N) is 1. The van der Waals surface area contributed by atoms with Gasteiger partial charge in [-0.3, -0.25) is 4.98 Å². The molecule has 0 bridgehead atoms. The average molecular weight is 290 g/mol. The molecular formula is C15H22N4S. The van der Waals surface area contributed by atoms with Crippen LogP contribution in [-0.4, -0.2) is 30.1 Å². The predicted molar refractivity (Wildman–Crippen MR) is 85.3 cm³/mol. The Morgan fingerprint density at radius 3 is 2.95 bits per heavy atom. The van der Waals surface area contributed by atoms with Crippen molar-refractivity contribution in [2.75, 3.05) is 25.0 Å². The third-order valence-corrected chi connectivity index (χ3v) is 4.14. The van der Waals surface area contributed by atoms with E-state index in [1.54, 1.807) is 11.3 Å². The van der Waals surface area contributed by atoms with Crippen molar-refractivity contribution in [1.82, 2.24) is 15.3 Å². The van der Waals surface area contributed by atoms with E-state index in [9.17, 15) is 0 Å². The van der Waals surface area contributed by atoms with E-state index < -0.39 is 0 Å². The van der Waals surface area contributed by atoms with Crippen LogP contribution in [0.3, 0.4) is 0 Å². The minimum absolute atomic E-state index is 0.916. The highest BCUT2D eigenvalue weighted by Crippen LogP contribution is 2.21. The first-order chi connectivity index (χ1) is 9.79. The van der Waals surface area contributed by atoms with Crippen LogP contribution in [-0.2, 0) is 13.0 Å². The van der Waals surface area contributed by atoms with Crippen LogP contribution < -0.4 is 10.2 Å². The van der Waals surface area contributed by atoms with Crippen LogP contribution in [0.5, 0.6) is 0 Å². The van der Waals surface area contributed by atoms with E-state index in [2.05, 4.69) is 40.2 Å². The molecule has 0 unspecified atom stereocenters. The molecule has 2 rings (SSSR count). The van der Waals surface area contributed by atoms with Gasteiger partial charge in [-0.15, -0.1) is 11.3 Å². The SMILES string of the molecule is CCCNCc1cnc(N(C)CCc2ccccn2)s1. The van der Waals surface area contributed by atoms with Gasteiger partial charge in [0.05, 0.1) is 0 Å². The van der Waals surface area contributed by atoms with Crippen molar-refractivity contribution in [3.8, 4) is 0 Å². The summed E-state index contributed by atoms with van der Waals surface area (Å²) in [6, 6.07) is 6.04. The van der Waals surface area contributed by atoms with E-state index in [0.717, 1.165) is 43.3 Å². The summed E-state index contributed by atoms with van der Waals surface area (Å²) in [4.78, 5) is 12.3. The summed E-state index contributed by atoms with van der Waals surface area (Å²) < 4.78 is 0. The summed E-state index contributed by atoms with van der Waals surface area (Å²) in [5.74, 6) is 0. The normalized spacial score (nSPS) is 10.7. The minimum Gasteiger partial charge on any atom is -0.351 e. The largest absolute Gasteiger partial charge is 0.351 e. The number of rotatable bonds is 8. The van der Waals surface area contributed by atoms with E-state index in [1.807, 2.05) is 24.5 Å². The highest BCUT2D eigenvalue weighted by Gasteiger charge is 2.07. The molecule has 0 saturated carbocycles. The molecule has 2 heterocycles. The maximum Gasteiger partial charge on any atom is 0.185 e. The van der Waals surface area contributed by atoms with Crippen LogP contribution in [0, 0.1) is 0 Å². The molecule has 5 heteroatoms. The third-order valence-electron chi connectivity index (χ3n) is 3.02. The van der Waals surface area contributed by atoms with Gasteiger partial charge in [-0.1, -0.05) is 13.0 Å². The lowest BCUT2D eigenvalue weighted by Crippen LogP contribution is -2.20. The van der Waals surface area contributed by atoms with Crippen molar-refractivity contribution in [1.29, 1.82) is 0 Å². The van der Waals surface area contributed by atoms with Crippen LogP contribution in [0.2, 0.25) is 0 Å². The van der Waals surface area contributed by atoms with E-state index in [1.165, 1.54) is 4.88 Å². The van der Waals surface area contributed by atoms with Crippen molar-refractivity contribution in [3.05, 3.63) is 41.2 Å². The fraction of sp³-hybridized carbons (Fsp3) is 0.467. The summed E-state index contributed by atoms with van der Waals surface area (Å²) in [7, 11) is 2.09. The van der Waals surface area contributed by atoms with Gasteiger partial charge in [-0.2, -0.15) is 0 Å². The Morgan fingerprint density at radius 2 is 2.20 bits per heavy atom. The van der Waals surface area contributed by atoms with Gasteiger partial charge in [0, 0.05) is 49.5 Å². The van der Waals surface area contributed by atoms with Gasteiger partial charge in [-0.25, -0.2) is 4.98 Å². The van der Waals surface area contributed by atoms with Gasteiger partial charge < -0.3 is 10.2 Å². The summed E-state index contributed by atoms with van der Waals surface area (Å²) >= 11 is 1.76. The Balaban J connectivity index is 1.81. The van der Waals surface area contributed by atoms with Gasteiger partial charge in [0.15, 0.2) is 5.13 Å². The Morgan fingerprint density at radius 1 is 1.30 bits per heavy atom. The first-order valence-electron chi connectivity index (χ1n) is 7.06. The van der Waals surface area contributed by atoms with Gasteiger partial charge in [0.25, 0.3) is 0 Å². The highest BCUT2D eigenvalue weighted by atomic mass is 32.1. The lowest BCUT2D eigenvalue weighted by atomic mass is 10.2. The van der Waals surface area contributed by atoms with Crippen LogP contribution in [0.4, 0.5) is 5.13 Å². The molecule has 0 aliphatic carbocycles. The maximum absolute atomic E-state index is 4.49. The standard InChI is InChI=1S/C15H22N4S/c1-3-8-16-11-14-12-18-15(20-14)19(2)10-7-13-6-4-5-9-17-13/h4-6,9,12,16H,3,7-8,10-11H2,1-2H3. The number of hydrogen-bond acceptors (Lipinski definition) is 5. The van der Waals surface area contributed by atoms with Crippen LogP contribution in [0.15, 0.2) is 30.6 Å². The Hall–Kier alpha value is -1.46. The zero-order chi connectivity index (χ0) is 14.2. The molecule has 0 aliphatic heterocycles. The molecule has 0 aromatic carbocycles. The second-order valence-corrected chi connectivity index (χ2v) is 5.87. The summed E-state index contributed by atoms with van der Waals surface area (Å²) in [6.45, 7) is 5.09.